The second kappa shape index (κ2) is 5.63. The molecule has 2 aliphatic rings. The highest BCUT2D eigenvalue weighted by molar-refractivity contribution is 6.34. The number of nitrogens with zero attached hydrogens (tertiary/aromatic N) is 1. The van der Waals surface area contributed by atoms with Crippen LogP contribution in [0.5, 0.6) is 0 Å². The Bertz CT molecular complexity index is 1150. The minimum Gasteiger partial charge on any atom is -0.360 e. The second-order valence-corrected chi connectivity index (χ2v) is 8.53. The summed E-state index contributed by atoms with van der Waals surface area (Å²) in [4.78, 5) is 33.1. The molecule has 1 aromatic carbocycles. The van der Waals surface area contributed by atoms with E-state index in [9.17, 15) is 9.59 Å². The Balaban J connectivity index is 1.49. The summed E-state index contributed by atoms with van der Waals surface area (Å²) in [6, 6.07) is 5.61. The molecule has 2 aromatic heterocycles. The number of benzene rings is 1. The van der Waals surface area contributed by atoms with Crippen LogP contribution in [-0.2, 0) is 5.41 Å². The number of amides is 1. The highest BCUT2D eigenvalue weighted by Gasteiger charge is 2.61. The molecule has 1 amide bonds. The van der Waals surface area contributed by atoms with Crippen molar-refractivity contribution in [1.82, 2.24) is 14.9 Å². The van der Waals surface area contributed by atoms with Crippen molar-refractivity contribution in [3.8, 4) is 0 Å². The van der Waals surface area contributed by atoms with Gasteiger partial charge in [0.15, 0.2) is 0 Å². The highest BCUT2D eigenvalue weighted by atomic mass is 35.5. The van der Waals surface area contributed by atoms with Crippen LogP contribution in [0, 0.1) is 12.8 Å². The Kier molecular flexibility index (Phi) is 3.52. The molecule has 2 N–H and O–H groups in total. The zero-order valence-electron chi connectivity index (χ0n) is 14.6. The van der Waals surface area contributed by atoms with E-state index >= 15 is 0 Å². The lowest BCUT2D eigenvalue weighted by molar-refractivity contribution is 0.0774. The third kappa shape index (κ3) is 2.45. The maximum absolute atomic E-state index is 13.2. The first-order valence-electron chi connectivity index (χ1n) is 8.84. The van der Waals surface area contributed by atoms with Crippen LogP contribution in [0.3, 0.4) is 0 Å². The van der Waals surface area contributed by atoms with E-state index in [0.29, 0.717) is 45.5 Å². The van der Waals surface area contributed by atoms with Gasteiger partial charge < -0.3 is 14.9 Å². The average molecular weight is 402 g/mol. The monoisotopic (exact) mass is 401 g/mol. The van der Waals surface area contributed by atoms with Crippen LogP contribution < -0.4 is 5.56 Å². The number of rotatable bonds is 2. The fourth-order valence-corrected chi connectivity index (χ4v) is 5.08. The predicted octanol–water partition coefficient (Wildman–Crippen LogP) is 3.89. The number of hydrogen-bond acceptors (Lipinski definition) is 2. The van der Waals surface area contributed by atoms with Gasteiger partial charge in [0.1, 0.15) is 0 Å². The molecule has 3 aromatic rings. The van der Waals surface area contributed by atoms with Crippen molar-refractivity contribution in [3.05, 3.63) is 67.7 Å². The summed E-state index contributed by atoms with van der Waals surface area (Å²) in [5, 5.41) is 1.65. The van der Waals surface area contributed by atoms with Crippen LogP contribution in [0.15, 0.2) is 35.4 Å². The van der Waals surface area contributed by atoms with Crippen LogP contribution in [0.1, 0.15) is 27.9 Å². The molecular weight excluding hydrogens is 385 g/mol. The Morgan fingerprint density at radius 1 is 1.19 bits per heavy atom. The van der Waals surface area contributed by atoms with Crippen LogP contribution in [0.4, 0.5) is 0 Å². The van der Waals surface area contributed by atoms with Crippen LogP contribution >= 0.6 is 23.2 Å². The predicted molar refractivity (Wildman–Crippen MR) is 106 cm³/mol. The summed E-state index contributed by atoms with van der Waals surface area (Å²) in [5.41, 5.74) is 2.81. The SMILES string of the molecule is Cc1c[nH]c(=O)c2c(C(=O)N3CC4CC4(c4cc(Cl)cc(Cl)c4)C3)c[nH]c12. The molecule has 7 heteroatoms. The van der Waals surface area contributed by atoms with E-state index in [1.54, 1.807) is 18.5 Å². The summed E-state index contributed by atoms with van der Waals surface area (Å²) in [5.74, 6) is 0.290. The van der Waals surface area contributed by atoms with Crippen molar-refractivity contribution < 1.29 is 4.79 Å². The largest absolute Gasteiger partial charge is 0.360 e. The number of piperidine rings is 1. The van der Waals surface area contributed by atoms with Crippen molar-refractivity contribution in [2.24, 2.45) is 5.92 Å². The van der Waals surface area contributed by atoms with Crippen molar-refractivity contribution >= 4 is 40.0 Å². The van der Waals surface area contributed by atoms with E-state index in [0.717, 1.165) is 17.5 Å². The minimum atomic E-state index is -0.249. The van der Waals surface area contributed by atoms with E-state index in [2.05, 4.69) is 9.97 Å². The van der Waals surface area contributed by atoms with E-state index in [1.165, 1.54) is 0 Å². The molecule has 1 aliphatic heterocycles. The van der Waals surface area contributed by atoms with Crippen molar-refractivity contribution in [1.29, 1.82) is 0 Å². The first kappa shape index (κ1) is 16.9. The molecule has 1 saturated carbocycles. The van der Waals surface area contributed by atoms with Crippen LogP contribution in [0.2, 0.25) is 10.0 Å². The van der Waals surface area contributed by atoms with Gasteiger partial charge in [-0.2, -0.15) is 0 Å². The molecule has 138 valence electrons. The van der Waals surface area contributed by atoms with Gasteiger partial charge in [0.05, 0.1) is 16.5 Å². The van der Waals surface area contributed by atoms with Gasteiger partial charge in [0.2, 0.25) is 0 Å². The van der Waals surface area contributed by atoms with Gasteiger partial charge in [-0.05, 0) is 48.6 Å². The second-order valence-electron chi connectivity index (χ2n) is 7.65. The first-order chi connectivity index (χ1) is 12.9. The number of likely N-dealkylation sites (tertiary alicyclic amines) is 1. The molecule has 2 unspecified atom stereocenters. The normalized spacial score (nSPS) is 23.7. The van der Waals surface area contributed by atoms with Gasteiger partial charge in [-0.25, -0.2) is 0 Å². The quantitative estimate of drug-likeness (QED) is 0.683. The lowest BCUT2D eigenvalue weighted by atomic mass is 9.95. The van der Waals surface area contributed by atoms with Crippen LogP contribution in [0.25, 0.3) is 10.9 Å². The Hall–Kier alpha value is -2.24. The summed E-state index contributed by atoms with van der Waals surface area (Å²) in [7, 11) is 0. The third-order valence-electron chi connectivity index (χ3n) is 6.02. The van der Waals surface area contributed by atoms with Gasteiger partial charge in [-0.15, -0.1) is 0 Å². The van der Waals surface area contributed by atoms with E-state index in [1.807, 2.05) is 24.0 Å². The molecule has 1 saturated heterocycles. The molecule has 1 aliphatic carbocycles. The highest BCUT2D eigenvalue weighted by Crippen LogP contribution is 2.59. The number of halogens is 2. The summed E-state index contributed by atoms with van der Waals surface area (Å²) in [6.07, 6.45) is 4.32. The zero-order valence-corrected chi connectivity index (χ0v) is 16.1. The Morgan fingerprint density at radius 3 is 2.67 bits per heavy atom. The van der Waals surface area contributed by atoms with E-state index < -0.39 is 0 Å². The topological polar surface area (TPSA) is 69.0 Å². The van der Waals surface area contributed by atoms with Gasteiger partial charge in [-0.1, -0.05) is 23.2 Å². The van der Waals surface area contributed by atoms with Crippen molar-refractivity contribution in [2.45, 2.75) is 18.8 Å². The van der Waals surface area contributed by atoms with Gasteiger partial charge >= 0.3 is 0 Å². The van der Waals surface area contributed by atoms with E-state index in [-0.39, 0.29) is 16.9 Å². The summed E-state index contributed by atoms with van der Waals surface area (Å²) < 4.78 is 0. The standard InChI is InChI=1S/C20H17Cl2N3O2/c1-10-6-24-18(26)16-15(7-23-17(10)16)19(27)25-8-12-5-20(12,9-25)11-2-13(21)4-14(22)3-11/h2-4,6-7,12,23H,5,8-9H2,1H3,(H,24,26). The fourth-order valence-electron chi connectivity index (χ4n) is 4.55. The summed E-state index contributed by atoms with van der Waals surface area (Å²) >= 11 is 12.4. The maximum Gasteiger partial charge on any atom is 0.258 e. The molecule has 27 heavy (non-hydrogen) atoms. The molecule has 2 fully saturated rings. The number of pyridine rings is 1. The minimum absolute atomic E-state index is 0.0708. The smallest absolute Gasteiger partial charge is 0.258 e. The van der Waals surface area contributed by atoms with Crippen molar-refractivity contribution in [2.75, 3.05) is 13.1 Å². The Labute approximate surface area is 165 Å². The molecule has 0 spiro atoms. The number of carbonyl (C=O) groups excluding carboxylic acids is 1. The van der Waals surface area contributed by atoms with Gasteiger partial charge in [-0.3, -0.25) is 9.59 Å². The molecular formula is C20H17Cl2N3O2. The molecule has 5 rings (SSSR count). The van der Waals surface area contributed by atoms with Gasteiger partial charge in [0.25, 0.3) is 11.5 Å². The molecule has 5 nitrogen and oxygen atoms in total. The number of aromatic nitrogens is 2. The molecule has 3 heterocycles. The van der Waals surface area contributed by atoms with Gasteiger partial charge in [0, 0.05) is 40.9 Å². The number of carbonyl (C=O) groups is 1. The Morgan fingerprint density at radius 2 is 1.93 bits per heavy atom. The molecule has 0 bridgehead atoms. The first-order valence-corrected chi connectivity index (χ1v) is 9.60. The maximum atomic E-state index is 13.2. The number of fused-ring (bicyclic) bond motifs is 2. The number of H-pyrrole nitrogens is 2. The molecule has 0 radical (unpaired) electrons. The number of nitrogens with one attached hydrogen (secondary N) is 2. The number of hydrogen-bond donors (Lipinski definition) is 2. The van der Waals surface area contributed by atoms with Crippen molar-refractivity contribution in [3.63, 3.8) is 0 Å². The number of aryl methyl sites for hydroxylation is 1. The van der Waals surface area contributed by atoms with E-state index in [4.69, 9.17) is 23.2 Å². The summed E-state index contributed by atoms with van der Waals surface area (Å²) in [6.45, 7) is 3.19. The number of aromatic amines is 2. The molecule has 2 atom stereocenters. The average Bonchev–Trinajstić information content (AvgIpc) is 3.00. The third-order valence-corrected chi connectivity index (χ3v) is 6.46. The van der Waals surface area contributed by atoms with Crippen LogP contribution in [-0.4, -0.2) is 33.9 Å². The lowest BCUT2D eigenvalue weighted by Crippen LogP contribution is -2.33. The fraction of sp³-hybridized carbons (Fsp3) is 0.300. The zero-order chi connectivity index (χ0) is 18.9. The lowest BCUT2D eigenvalue weighted by Gasteiger charge is -2.21.